The molecule has 2 aliphatic heterocycles. The highest BCUT2D eigenvalue weighted by molar-refractivity contribution is 5.92. The van der Waals surface area contributed by atoms with Crippen molar-refractivity contribution in [3.05, 3.63) is 29.1 Å². The molecule has 0 unspecified atom stereocenters. The van der Waals surface area contributed by atoms with Crippen LogP contribution in [0.5, 0.6) is 0 Å². The van der Waals surface area contributed by atoms with E-state index in [1.807, 2.05) is 15.6 Å². The van der Waals surface area contributed by atoms with Crippen molar-refractivity contribution in [3.63, 3.8) is 0 Å². The summed E-state index contributed by atoms with van der Waals surface area (Å²) in [6, 6.07) is 1.98. The number of nitrogens with one attached hydrogen (secondary N) is 1. The quantitative estimate of drug-likeness (QED) is 0.801. The van der Waals surface area contributed by atoms with Crippen LogP contribution in [0.2, 0.25) is 0 Å². The molecule has 0 aliphatic carbocycles. The Morgan fingerprint density at radius 2 is 1.87 bits per heavy atom. The fraction of sp³-hybridized carbons (Fsp3) is 0.714. The molecule has 0 atom stereocenters. The second-order valence-corrected chi connectivity index (χ2v) is 9.56. The number of rotatable bonds is 3. The zero-order chi connectivity index (χ0) is 20.8. The van der Waals surface area contributed by atoms with Gasteiger partial charge in [-0.15, -0.1) is 22.6 Å². The molecule has 1 fully saturated rings. The van der Waals surface area contributed by atoms with Crippen molar-refractivity contribution in [2.24, 2.45) is 0 Å². The Kier molecular flexibility index (Phi) is 6.57. The monoisotopic (exact) mass is 435 g/mol. The van der Waals surface area contributed by atoms with Gasteiger partial charge in [0.05, 0.1) is 12.1 Å². The Hall–Kier alpha value is -1.93. The molecule has 0 aromatic carbocycles. The third-order valence-electron chi connectivity index (χ3n) is 5.98. The van der Waals surface area contributed by atoms with E-state index in [1.54, 1.807) is 0 Å². The molecule has 166 valence electrons. The molecule has 1 amide bonds. The lowest BCUT2D eigenvalue weighted by Crippen LogP contribution is -2.39. The fourth-order valence-electron chi connectivity index (χ4n) is 4.37. The molecule has 2 aromatic rings. The van der Waals surface area contributed by atoms with Crippen LogP contribution >= 0.6 is 12.4 Å². The van der Waals surface area contributed by atoms with Crippen molar-refractivity contribution in [1.29, 1.82) is 0 Å². The topological polar surface area (TPSA) is 80.9 Å². The number of carbonyl (C=O) groups is 1. The summed E-state index contributed by atoms with van der Waals surface area (Å²) in [4.78, 5) is 15.1. The van der Waals surface area contributed by atoms with Gasteiger partial charge in [-0.2, -0.15) is 5.10 Å². The number of amides is 1. The number of likely N-dealkylation sites (tertiary alicyclic amines) is 1. The molecule has 1 saturated heterocycles. The molecule has 2 aromatic heterocycles. The molecule has 0 bridgehead atoms. The third kappa shape index (κ3) is 4.25. The maximum atomic E-state index is 13.1. The van der Waals surface area contributed by atoms with Gasteiger partial charge in [-0.05, 0) is 45.6 Å². The first-order valence-corrected chi connectivity index (χ1v) is 10.8. The number of nitrogens with zero attached hydrogens (tertiary/aromatic N) is 6. The highest BCUT2D eigenvalue weighted by Gasteiger charge is 2.31. The van der Waals surface area contributed by atoms with Gasteiger partial charge in [-0.3, -0.25) is 9.48 Å². The molecule has 4 rings (SSSR count). The minimum absolute atomic E-state index is 0. The molecule has 8 nitrogen and oxygen atoms in total. The van der Waals surface area contributed by atoms with Gasteiger partial charge < -0.3 is 14.8 Å². The number of aromatic nitrogens is 5. The van der Waals surface area contributed by atoms with Crippen LogP contribution in [0.4, 0.5) is 0 Å². The van der Waals surface area contributed by atoms with Gasteiger partial charge in [0.15, 0.2) is 5.69 Å². The number of fused-ring (bicyclic) bond motifs is 1. The zero-order valence-electron chi connectivity index (χ0n) is 18.7. The van der Waals surface area contributed by atoms with Gasteiger partial charge in [0.1, 0.15) is 11.6 Å². The molecule has 0 saturated carbocycles. The summed E-state index contributed by atoms with van der Waals surface area (Å²) in [6.07, 6.45) is 1.85. The number of hydrogen-bond donors (Lipinski definition) is 1. The average Bonchev–Trinajstić information content (AvgIpc) is 3.32. The van der Waals surface area contributed by atoms with E-state index in [1.165, 1.54) is 0 Å². The van der Waals surface area contributed by atoms with Gasteiger partial charge >= 0.3 is 0 Å². The van der Waals surface area contributed by atoms with E-state index in [2.05, 4.69) is 54.7 Å². The Morgan fingerprint density at radius 1 is 1.17 bits per heavy atom. The predicted octanol–water partition coefficient (Wildman–Crippen LogP) is 2.90. The first-order valence-electron chi connectivity index (χ1n) is 10.8. The summed E-state index contributed by atoms with van der Waals surface area (Å²) < 4.78 is 4.27. The van der Waals surface area contributed by atoms with E-state index < -0.39 is 0 Å². The summed E-state index contributed by atoms with van der Waals surface area (Å²) in [7, 11) is 0. The lowest BCUT2D eigenvalue weighted by atomic mass is 9.95. The first kappa shape index (κ1) is 22.7. The van der Waals surface area contributed by atoms with Crippen LogP contribution in [0.3, 0.4) is 0 Å². The molecule has 0 radical (unpaired) electrons. The standard InChI is InChI=1S/C21H33N7O.ClH/c1-14(2)17-12-16(25-28(17)21(3,4)5)20(29)26-9-6-15(7-10-26)19-24-23-18-13-22-8-11-27(18)19;/h12,14-15,22H,6-11,13H2,1-5H3;1H. The maximum absolute atomic E-state index is 13.1. The second-order valence-electron chi connectivity index (χ2n) is 9.56. The van der Waals surface area contributed by atoms with Crippen LogP contribution < -0.4 is 5.32 Å². The van der Waals surface area contributed by atoms with Gasteiger partial charge in [0.2, 0.25) is 0 Å². The molecule has 30 heavy (non-hydrogen) atoms. The average molecular weight is 436 g/mol. The van der Waals surface area contributed by atoms with Crippen molar-refractivity contribution in [2.45, 2.75) is 77.9 Å². The second kappa shape index (κ2) is 8.67. The predicted molar refractivity (Wildman–Crippen MR) is 118 cm³/mol. The molecule has 2 aliphatic rings. The van der Waals surface area contributed by atoms with Crippen LogP contribution in [0, 0.1) is 0 Å². The van der Waals surface area contributed by atoms with E-state index >= 15 is 0 Å². The Labute approximate surface area is 184 Å². The molecule has 1 N–H and O–H groups in total. The van der Waals surface area contributed by atoms with E-state index in [9.17, 15) is 4.79 Å². The van der Waals surface area contributed by atoms with E-state index in [0.29, 0.717) is 17.5 Å². The van der Waals surface area contributed by atoms with Crippen molar-refractivity contribution in [2.75, 3.05) is 19.6 Å². The molecular weight excluding hydrogens is 402 g/mol. The number of piperidine rings is 1. The number of halogens is 1. The van der Waals surface area contributed by atoms with E-state index in [4.69, 9.17) is 5.10 Å². The lowest BCUT2D eigenvalue weighted by molar-refractivity contribution is 0.0702. The largest absolute Gasteiger partial charge is 0.337 e. The highest BCUT2D eigenvalue weighted by atomic mass is 35.5. The van der Waals surface area contributed by atoms with Gasteiger partial charge in [-0.25, -0.2) is 0 Å². The van der Waals surface area contributed by atoms with Gasteiger partial charge in [0, 0.05) is 37.8 Å². The van der Waals surface area contributed by atoms with Crippen molar-refractivity contribution < 1.29 is 4.79 Å². The van der Waals surface area contributed by atoms with Crippen LogP contribution in [-0.2, 0) is 18.6 Å². The SMILES string of the molecule is CC(C)c1cc(C(=O)N2CCC(c3nnc4n3CCNC4)CC2)nn1C(C)(C)C.Cl. The summed E-state index contributed by atoms with van der Waals surface area (Å²) in [5.41, 5.74) is 1.53. The number of hydrogen-bond acceptors (Lipinski definition) is 5. The lowest BCUT2D eigenvalue weighted by Gasteiger charge is -2.31. The van der Waals surface area contributed by atoms with Gasteiger partial charge in [-0.1, -0.05) is 13.8 Å². The van der Waals surface area contributed by atoms with Crippen molar-refractivity contribution >= 4 is 18.3 Å². The minimum Gasteiger partial charge on any atom is -0.337 e. The summed E-state index contributed by atoms with van der Waals surface area (Å²) >= 11 is 0. The summed E-state index contributed by atoms with van der Waals surface area (Å²) in [6.45, 7) is 14.8. The Morgan fingerprint density at radius 3 is 2.47 bits per heavy atom. The van der Waals surface area contributed by atoms with Crippen LogP contribution in [0.1, 0.15) is 87.1 Å². The first-order chi connectivity index (χ1) is 13.8. The highest BCUT2D eigenvalue weighted by Crippen LogP contribution is 2.29. The molecule has 4 heterocycles. The fourth-order valence-corrected chi connectivity index (χ4v) is 4.37. The van der Waals surface area contributed by atoms with E-state index in [-0.39, 0.29) is 23.9 Å². The smallest absolute Gasteiger partial charge is 0.274 e. The van der Waals surface area contributed by atoms with Crippen molar-refractivity contribution in [1.82, 2.24) is 34.8 Å². The van der Waals surface area contributed by atoms with Crippen LogP contribution in [-0.4, -0.2) is 55.0 Å². The number of carbonyl (C=O) groups excluding carboxylic acids is 1. The summed E-state index contributed by atoms with van der Waals surface area (Å²) in [5, 5.41) is 16.8. The Balaban J connectivity index is 0.00000256. The minimum atomic E-state index is -0.146. The van der Waals surface area contributed by atoms with Gasteiger partial charge in [0.25, 0.3) is 5.91 Å². The molecule has 0 spiro atoms. The molecule has 9 heteroatoms. The molecular formula is C21H34ClN7O. The zero-order valence-corrected chi connectivity index (χ0v) is 19.5. The summed E-state index contributed by atoms with van der Waals surface area (Å²) in [5.74, 6) is 2.85. The van der Waals surface area contributed by atoms with Crippen molar-refractivity contribution in [3.8, 4) is 0 Å². The Bertz CT molecular complexity index is 888. The maximum Gasteiger partial charge on any atom is 0.274 e. The third-order valence-corrected chi connectivity index (χ3v) is 5.98. The van der Waals surface area contributed by atoms with E-state index in [0.717, 1.165) is 62.9 Å². The normalized spacial score (nSPS) is 17.7. The van der Waals surface area contributed by atoms with Crippen LogP contribution in [0.15, 0.2) is 6.07 Å². The van der Waals surface area contributed by atoms with Crippen LogP contribution in [0.25, 0.3) is 0 Å².